The molecule has 0 amide bonds. The van der Waals surface area contributed by atoms with E-state index in [1.54, 1.807) is 12.1 Å². The van der Waals surface area contributed by atoms with Crippen molar-refractivity contribution in [1.29, 1.82) is 0 Å². The molecule has 72 valence electrons. The highest BCUT2D eigenvalue weighted by atomic mass is 16.5. The van der Waals surface area contributed by atoms with E-state index in [0.29, 0.717) is 5.69 Å². The van der Waals surface area contributed by atoms with Crippen LogP contribution in [0.25, 0.3) is 0 Å². The van der Waals surface area contributed by atoms with E-state index in [1.165, 1.54) is 7.11 Å². The van der Waals surface area contributed by atoms with Crippen molar-refractivity contribution in [2.45, 2.75) is 6.92 Å². The van der Waals surface area contributed by atoms with Crippen LogP contribution in [0, 0.1) is 18.8 Å². The molecule has 0 aliphatic rings. The molecule has 3 heteroatoms. The zero-order chi connectivity index (χ0) is 10.6. The molecule has 0 heterocycles. The summed E-state index contributed by atoms with van der Waals surface area (Å²) in [5, 5.41) is 0. The summed E-state index contributed by atoms with van der Waals surface area (Å²) in [5.41, 5.74) is 7.97. The van der Waals surface area contributed by atoms with Gasteiger partial charge in [-0.1, -0.05) is 12.0 Å². The summed E-state index contributed by atoms with van der Waals surface area (Å²) < 4.78 is 4.40. The molecule has 1 rings (SSSR count). The smallest absolute Gasteiger partial charge is 0.384 e. The van der Waals surface area contributed by atoms with Crippen LogP contribution in [0.4, 0.5) is 5.69 Å². The Morgan fingerprint density at radius 3 is 2.86 bits per heavy atom. The summed E-state index contributed by atoms with van der Waals surface area (Å²) >= 11 is 0. The number of hydrogen-bond acceptors (Lipinski definition) is 3. The van der Waals surface area contributed by atoms with Gasteiger partial charge in [-0.05, 0) is 24.6 Å². The van der Waals surface area contributed by atoms with Gasteiger partial charge in [0.1, 0.15) is 0 Å². The van der Waals surface area contributed by atoms with Crippen LogP contribution < -0.4 is 5.73 Å². The molecule has 2 N–H and O–H groups in total. The van der Waals surface area contributed by atoms with Crippen molar-refractivity contribution < 1.29 is 9.53 Å². The van der Waals surface area contributed by atoms with Gasteiger partial charge in [-0.3, -0.25) is 0 Å². The molecule has 0 radical (unpaired) electrons. The van der Waals surface area contributed by atoms with Crippen LogP contribution in [0.2, 0.25) is 0 Å². The van der Waals surface area contributed by atoms with Gasteiger partial charge in [-0.2, -0.15) is 0 Å². The molecular formula is C11H11NO2. The number of benzene rings is 1. The predicted octanol–water partition coefficient (Wildman–Crippen LogP) is 1.10. The number of carbonyl (C=O) groups is 1. The van der Waals surface area contributed by atoms with Crippen molar-refractivity contribution in [3.63, 3.8) is 0 Å². The first-order valence-corrected chi connectivity index (χ1v) is 4.10. The van der Waals surface area contributed by atoms with Gasteiger partial charge in [0.25, 0.3) is 0 Å². The number of ether oxygens (including phenoxy) is 1. The highest BCUT2D eigenvalue weighted by Gasteiger charge is 1.98. The maximum atomic E-state index is 10.8. The number of nitrogen functional groups attached to an aromatic ring is 1. The zero-order valence-electron chi connectivity index (χ0n) is 8.13. The lowest BCUT2D eigenvalue weighted by molar-refractivity contribution is -0.133. The molecule has 1 aromatic rings. The van der Waals surface area contributed by atoms with Gasteiger partial charge in [0.05, 0.1) is 7.11 Å². The first-order chi connectivity index (χ1) is 6.65. The molecular weight excluding hydrogens is 178 g/mol. The van der Waals surface area contributed by atoms with Crippen molar-refractivity contribution in [2.75, 3.05) is 12.8 Å². The van der Waals surface area contributed by atoms with Gasteiger partial charge in [0.2, 0.25) is 0 Å². The van der Waals surface area contributed by atoms with E-state index in [1.807, 2.05) is 13.0 Å². The third kappa shape index (κ3) is 2.27. The largest absolute Gasteiger partial charge is 0.459 e. The first-order valence-electron chi connectivity index (χ1n) is 4.10. The minimum Gasteiger partial charge on any atom is -0.459 e. The van der Waals surface area contributed by atoms with Crippen molar-refractivity contribution in [3.8, 4) is 11.8 Å². The maximum absolute atomic E-state index is 10.8. The highest BCUT2D eigenvalue weighted by Crippen LogP contribution is 2.13. The molecule has 0 aliphatic heterocycles. The Kier molecular flexibility index (Phi) is 3.14. The SMILES string of the molecule is COC(=O)C#Cc1cccc(N)c1C. The van der Waals surface area contributed by atoms with Crippen molar-refractivity contribution >= 4 is 11.7 Å². The number of anilines is 1. The topological polar surface area (TPSA) is 52.3 Å². The van der Waals surface area contributed by atoms with Crippen LogP contribution >= 0.6 is 0 Å². The Balaban J connectivity index is 3.01. The molecule has 0 saturated heterocycles. The van der Waals surface area contributed by atoms with E-state index in [4.69, 9.17) is 5.73 Å². The Labute approximate surface area is 82.9 Å². The predicted molar refractivity (Wildman–Crippen MR) is 54.5 cm³/mol. The molecule has 14 heavy (non-hydrogen) atoms. The van der Waals surface area contributed by atoms with Crippen LogP contribution in [-0.4, -0.2) is 13.1 Å². The Morgan fingerprint density at radius 1 is 1.50 bits per heavy atom. The van der Waals surface area contributed by atoms with E-state index in [9.17, 15) is 4.79 Å². The number of methoxy groups -OCH3 is 1. The molecule has 0 unspecified atom stereocenters. The average Bonchev–Trinajstić information content (AvgIpc) is 2.20. The molecule has 3 nitrogen and oxygen atoms in total. The number of carbonyl (C=O) groups excluding carboxylic acids is 1. The van der Waals surface area contributed by atoms with Crippen LogP contribution in [0.1, 0.15) is 11.1 Å². The van der Waals surface area contributed by atoms with Gasteiger partial charge in [-0.15, -0.1) is 0 Å². The quantitative estimate of drug-likeness (QED) is 0.378. The summed E-state index contributed by atoms with van der Waals surface area (Å²) in [5.74, 6) is 4.50. The molecule has 0 saturated carbocycles. The lowest BCUT2D eigenvalue weighted by atomic mass is 10.1. The lowest BCUT2D eigenvalue weighted by Crippen LogP contribution is -1.96. The van der Waals surface area contributed by atoms with Crippen molar-refractivity contribution in [1.82, 2.24) is 0 Å². The third-order valence-corrected chi connectivity index (χ3v) is 1.86. The minimum absolute atomic E-state index is 0.549. The second kappa shape index (κ2) is 4.33. The van der Waals surface area contributed by atoms with Crippen LogP contribution in [-0.2, 0) is 9.53 Å². The van der Waals surface area contributed by atoms with Gasteiger partial charge in [0.15, 0.2) is 0 Å². The molecule has 0 aromatic heterocycles. The van der Waals surface area contributed by atoms with E-state index in [0.717, 1.165) is 11.1 Å². The van der Waals surface area contributed by atoms with Crippen LogP contribution in [0.3, 0.4) is 0 Å². The lowest BCUT2D eigenvalue weighted by Gasteiger charge is -2.00. The maximum Gasteiger partial charge on any atom is 0.384 e. The summed E-state index contributed by atoms with van der Waals surface area (Å²) in [6.07, 6.45) is 0. The fourth-order valence-corrected chi connectivity index (χ4v) is 0.958. The van der Waals surface area contributed by atoms with Gasteiger partial charge in [-0.25, -0.2) is 4.79 Å². The van der Waals surface area contributed by atoms with E-state index in [-0.39, 0.29) is 0 Å². The Bertz CT molecular complexity index is 413. The normalized spacial score (nSPS) is 8.71. The van der Waals surface area contributed by atoms with Crippen molar-refractivity contribution in [2.24, 2.45) is 0 Å². The number of rotatable bonds is 0. The number of esters is 1. The van der Waals surface area contributed by atoms with Crippen LogP contribution in [0.15, 0.2) is 18.2 Å². The summed E-state index contributed by atoms with van der Waals surface area (Å²) in [7, 11) is 1.29. The minimum atomic E-state index is -0.549. The molecule has 0 fully saturated rings. The zero-order valence-corrected chi connectivity index (χ0v) is 8.13. The highest BCUT2D eigenvalue weighted by molar-refractivity contribution is 5.89. The van der Waals surface area contributed by atoms with Crippen molar-refractivity contribution in [3.05, 3.63) is 29.3 Å². The van der Waals surface area contributed by atoms with E-state index < -0.39 is 5.97 Å². The fraction of sp³-hybridized carbons (Fsp3) is 0.182. The van der Waals surface area contributed by atoms with Gasteiger partial charge in [0, 0.05) is 17.2 Å². The summed E-state index contributed by atoms with van der Waals surface area (Å²) in [6.45, 7) is 1.86. The Hall–Kier alpha value is -1.95. The third-order valence-electron chi connectivity index (χ3n) is 1.86. The first kappa shape index (κ1) is 10.1. The van der Waals surface area contributed by atoms with Gasteiger partial charge >= 0.3 is 5.97 Å². The van der Waals surface area contributed by atoms with E-state index >= 15 is 0 Å². The second-order valence-corrected chi connectivity index (χ2v) is 2.76. The average molecular weight is 189 g/mol. The monoisotopic (exact) mass is 189 g/mol. The molecule has 0 atom stereocenters. The Morgan fingerprint density at radius 2 is 2.21 bits per heavy atom. The molecule has 0 spiro atoms. The van der Waals surface area contributed by atoms with Gasteiger partial charge < -0.3 is 10.5 Å². The number of nitrogens with two attached hydrogens (primary N) is 1. The molecule has 1 aromatic carbocycles. The van der Waals surface area contributed by atoms with Crippen LogP contribution in [0.5, 0.6) is 0 Å². The molecule has 0 aliphatic carbocycles. The number of hydrogen-bond donors (Lipinski definition) is 1. The standard InChI is InChI=1S/C11H11NO2/c1-8-9(4-3-5-10(8)12)6-7-11(13)14-2/h3-5H,12H2,1-2H3. The van der Waals surface area contributed by atoms with E-state index in [2.05, 4.69) is 16.6 Å². The molecule has 0 bridgehead atoms. The second-order valence-electron chi connectivity index (χ2n) is 2.76. The summed E-state index contributed by atoms with van der Waals surface area (Å²) in [6, 6.07) is 5.39. The summed E-state index contributed by atoms with van der Waals surface area (Å²) in [4.78, 5) is 10.8. The fourth-order valence-electron chi connectivity index (χ4n) is 0.958.